The van der Waals surface area contributed by atoms with E-state index in [9.17, 15) is 9.59 Å². The average Bonchev–Trinajstić information content (AvgIpc) is 2.49. The molecule has 0 heterocycles. The lowest BCUT2D eigenvalue weighted by atomic mass is 10.1. The van der Waals surface area contributed by atoms with E-state index >= 15 is 0 Å². The summed E-state index contributed by atoms with van der Waals surface area (Å²) in [5.41, 5.74) is 1.03. The summed E-state index contributed by atoms with van der Waals surface area (Å²) in [5.74, 6) is -0.212. The molecule has 1 rings (SSSR count). The fraction of sp³-hybridized carbons (Fsp3) is 0.529. The van der Waals surface area contributed by atoms with E-state index in [1.165, 1.54) is 6.92 Å². The minimum absolute atomic E-state index is 0.0906. The molecule has 1 N–H and O–H groups in total. The highest BCUT2D eigenvalue weighted by atomic mass is 16.2. The molecule has 0 radical (unpaired) electrons. The Morgan fingerprint density at radius 2 is 1.82 bits per heavy atom. The van der Waals surface area contributed by atoms with E-state index in [-0.39, 0.29) is 24.4 Å². The third-order valence-electron chi connectivity index (χ3n) is 3.57. The van der Waals surface area contributed by atoms with Gasteiger partial charge in [0.2, 0.25) is 11.8 Å². The number of carbonyl (C=O) groups excluding carboxylic acids is 2. The Kier molecular flexibility index (Phi) is 7.60. The van der Waals surface area contributed by atoms with Crippen LogP contribution in [-0.2, 0) is 9.59 Å². The van der Waals surface area contributed by atoms with Crippen LogP contribution in [0.2, 0.25) is 0 Å². The molecule has 5 nitrogen and oxygen atoms in total. The molecule has 122 valence electrons. The molecule has 22 heavy (non-hydrogen) atoms. The number of amides is 2. The summed E-state index contributed by atoms with van der Waals surface area (Å²) in [6, 6.07) is 9.62. The van der Waals surface area contributed by atoms with Crippen LogP contribution < -0.4 is 5.32 Å². The van der Waals surface area contributed by atoms with Crippen LogP contribution in [0.5, 0.6) is 0 Å². The van der Waals surface area contributed by atoms with Gasteiger partial charge in [0.15, 0.2) is 0 Å². The van der Waals surface area contributed by atoms with E-state index < -0.39 is 0 Å². The molecule has 0 fully saturated rings. The number of rotatable bonds is 8. The van der Waals surface area contributed by atoms with Crippen molar-refractivity contribution in [3.05, 3.63) is 35.9 Å². The molecule has 0 aliphatic carbocycles. The first-order chi connectivity index (χ1) is 10.4. The molecule has 1 atom stereocenters. The standard InChI is InChI=1S/C17H27N3O2/c1-14(16-9-6-5-7-10-16)20(15(2)21)13-17(22)18-11-8-12-19(3)4/h5-7,9-10,14H,8,11-13H2,1-4H3,(H,18,22). The molecule has 0 saturated carbocycles. The van der Waals surface area contributed by atoms with Gasteiger partial charge in [0.1, 0.15) is 6.54 Å². The number of nitrogens with zero attached hydrogens (tertiary/aromatic N) is 2. The summed E-state index contributed by atoms with van der Waals surface area (Å²) in [6.07, 6.45) is 0.896. The largest absolute Gasteiger partial charge is 0.355 e. The van der Waals surface area contributed by atoms with Gasteiger partial charge in [0.05, 0.1) is 6.04 Å². The Morgan fingerprint density at radius 3 is 2.36 bits per heavy atom. The maximum absolute atomic E-state index is 12.0. The van der Waals surface area contributed by atoms with Crippen molar-refractivity contribution >= 4 is 11.8 Å². The average molecular weight is 305 g/mol. The van der Waals surface area contributed by atoms with Crippen molar-refractivity contribution in [2.45, 2.75) is 26.3 Å². The topological polar surface area (TPSA) is 52.7 Å². The molecule has 0 aliphatic heterocycles. The lowest BCUT2D eigenvalue weighted by Gasteiger charge is -2.28. The molecule has 1 aromatic carbocycles. The van der Waals surface area contributed by atoms with Crippen molar-refractivity contribution in [2.75, 3.05) is 33.7 Å². The highest BCUT2D eigenvalue weighted by molar-refractivity contribution is 5.84. The fourth-order valence-electron chi connectivity index (χ4n) is 2.27. The van der Waals surface area contributed by atoms with Crippen LogP contribution in [0.1, 0.15) is 31.9 Å². The Bertz CT molecular complexity index is 474. The van der Waals surface area contributed by atoms with E-state index in [0.29, 0.717) is 6.54 Å². The molecule has 0 bridgehead atoms. The van der Waals surface area contributed by atoms with Crippen LogP contribution in [0.3, 0.4) is 0 Å². The summed E-state index contributed by atoms with van der Waals surface area (Å²) < 4.78 is 0. The Balaban J connectivity index is 2.54. The van der Waals surface area contributed by atoms with Crippen LogP contribution in [0.4, 0.5) is 0 Å². The van der Waals surface area contributed by atoms with Crippen LogP contribution in [0.15, 0.2) is 30.3 Å². The predicted octanol–water partition coefficient (Wildman–Crippen LogP) is 1.66. The number of benzene rings is 1. The van der Waals surface area contributed by atoms with Crippen molar-refractivity contribution in [2.24, 2.45) is 0 Å². The minimum atomic E-state index is -0.119. The highest BCUT2D eigenvalue weighted by Crippen LogP contribution is 2.19. The van der Waals surface area contributed by atoms with Gasteiger partial charge in [0, 0.05) is 13.5 Å². The molecule has 0 aromatic heterocycles. The number of carbonyl (C=O) groups is 2. The van der Waals surface area contributed by atoms with E-state index in [2.05, 4.69) is 10.2 Å². The van der Waals surface area contributed by atoms with Gasteiger partial charge in [-0.05, 0) is 39.5 Å². The van der Waals surface area contributed by atoms with Gasteiger partial charge < -0.3 is 15.1 Å². The predicted molar refractivity (Wildman–Crippen MR) is 88.4 cm³/mol. The first-order valence-corrected chi connectivity index (χ1v) is 7.65. The van der Waals surface area contributed by atoms with Gasteiger partial charge >= 0.3 is 0 Å². The molecular weight excluding hydrogens is 278 g/mol. The van der Waals surface area contributed by atoms with Crippen molar-refractivity contribution < 1.29 is 9.59 Å². The first-order valence-electron chi connectivity index (χ1n) is 7.65. The maximum Gasteiger partial charge on any atom is 0.239 e. The third-order valence-corrected chi connectivity index (χ3v) is 3.57. The van der Waals surface area contributed by atoms with Gasteiger partial charge in [-0.3, -0.25) is 9.59 Å². The fourth-order valence-corrected chi connectivity index (χ4v) is 2.27. The first kappa shape index (κ1) is 18.2. The van der Waals surface area contributed by atoms with Crippen molar-refractivity contribution in [3.8, 4) is 0 Å². The Morgan fingerprint density at radius 1 is 1.18 bits per heavy atom. The Labute approximate surface area is 133 Å². The SMILES string of the molecule is CC(=O)N(CC(=O)NCCCN(C)C)C(C)c1ccccc1. The molecular formula is C17H27N3O2. The van der Waals surface area contributed by atoms with Gasteiger partial charge in [-0.15, -0.1) is 0 Å². The zero-order chi connectivity index (χ0) is 16.5. The van der Waals surface area contributed by atoms with Crippen LogP contribution in [-0.4, -0.2) is 55.3 Å². The second-order valence-corrected chi connectivity index (χ2v) is 5.74. The van der Waals surface area contributed by atoms with E-state index in [0.717, 1.165) is 18.5 Å². The van der Waals surface area contributed by atoms with Crippen LogP contribution in [0, 0.1) is 0 Å². The van der Waals surface area contributed by atoms with Crippen LogP contribution in [0.25, 0.3) is 0 Å². The monoisotopic (exact) mass is 305 g/mol. The second-order valence-electron chi connectivity index (χ2n) is 5.74. The molecule has 0 aliphatic rings. The van der Waals surface area contributed by atoms with Gasteiger partial charge in [-0.25, -0.2) is 0 Å². The zero-order valence-corrected chi connectivity index (χ0v) is 14.0. The number of hydrogen-bond donors (Lipinski definition) is 1. The van der Waals surface area contributed by atoms with Gasteiger partial charge in [-0.2, -0.15) is 0 Å². The third kappa shape index (κ3) is 6.26. The summed E-state index contributed by atoms with van der Waals surface area (Å²) in [4.78, 5) is 27.5. The molecule has 2 amide bonds. The van der Waals surface area contributed by atoms with Gasteiger partial charge in [0.25, 0.3) is 0 Å². The number of nitrogens with one attached hydrogen (secondary N) is 1. The molecule has 0 spiro atoms. The molecule has 0 saturated heterocycles. The summed E-state index contributed by atoms with van der Waals surface area (Å²) in [7, 11) is 4.00. The van der Waals surface area contributed by atoms with Crippen molar-refractivity contribution in [1.82, 2.24) is 15.1 Å². The van der Waals surface area contributed by atoms with Crippen molar-refractivity contribution in [3.63, 3.8) is 0 Å². The van der Waals surface area contributed by atoms with E-state index in [4.69, 9.17) is 0 Å². The highest BCUT2D eigenvalue weighted by Gasteiger charge is 2.20. The lowest BCUT2D eigenvalue weighted by Crippen LogP contribution is -2.41. The Hall–Kier alpha value is -1.88. The summed E-state index contributed by atoms with van der Waals surface area (Å²) >= 11 is 0. The van der Waals surface area contributed by atoms with E-state index in [1.54, 1.807) is 4.90 Å². The van der Waals surface area contributed by atoms with Gasteiger partial charge in [-0.1, -0.05) is 30.3 Å². The van der Waals surface area contributed by atoms with Crippen molar-refractivity contribution in [1.29, 1.82) is 0 Å². The smallest absolute Gasteiger partial charge is 0.239 e. The molecule has 5 heteroatoms. The molecule has 1 aromatic rings. The summed E-state index contributed by atoms with van der Waals surface area (Å²) in [5, 5.41) is 2.87. The normalized spacial score (nSPS) is 12.0. The minimum Gasteiger partial charge on any atom is -0.355 e. The van der Waals surface area contributed by atoms with Crippen LogP contribution >= 0.6 is 0 Å². The summed E-state index contributed by atoms with van der Waals surface area (Å²) in [6.45, 7) is 5.09. The van der Waals surface area contributed by atoms with E-state index in [1.807, 2.05) is 51.4 Å². The lowest BCUT2D eigenvalue weighted by molar-refractivity contribution is -0.136. The quantitative estimate of drug-likeness (QED) is 0.743. The second kappa shape index (κ2) is 9.20. The maximum atomic E-state index is 12.0. The zero-order valence-electron chi connectivity index (χ0n) is 14.0. The molecule has 1 unspecified atom stereocenters. The number of hydrogen-bond acceptors (Lipinski definition) is 3.